The molecule has 1 aliphatic heterocycles. The summed E-state index contributed by atoms with van der Waals surface area (Å²) in [5.74, 6) is -2.02. The van der Waals surface area contributed by atoms with Crippen molar-refractivity contribution in [2.45, 2.75) is 17.4 Å². The van der Waals surface area contributed by atoms with Crippen LogP contribution in [0, 0.1) is 5.82 Å². The van der Waals surface area contributed by atoms with Gasteiger partial charge >= 0.3 is 5.97 Å². The molecule has 1 atom stereocenters. The van der Waals surface area contributed by atoms with Crippen LogP contribution in [0.15, 0.2) is 27.6 Å². The Balaban J connectivity index is 2.38. The Labute approximate surface area is 129 Å². The topological polar surface area (TPSA) is 83.9 Å². The van der Waals surface area contributed by atoms with Crippen molar-refractivity contribution in [2.24, 2.45) is 0 Å². The minimum Gasteiger partial charge on any atom is -0.481 e. The number of halogens is 2. The van der Waals surface area contributed by atoms with Crippen LogP contribution in [0.1, 0.15) is 6.42 Å². The fourth-order valence-corrected chi connectivity index (χ4v) is 4.10. The van der Waals surface area contributed by atoms with Crippen molar-refractivity contribution in [2.75, 3.05) is 19.8 Å². The highest BCUT2D eigenvalue weighted by molar-refractivity contribution is 9.10. The number of ether oxygens (including phenoxy) is 1. The SMILES string of the molecule is O=C(O)CC1COCCN1S(=O)(=O)c1ccc(Br)cc1F. The van der Waals surface area contributed by atoms with Crippen molar-refractivity contribution >= 4 is 31.9 Å². The van der Waals surface area contributed by atoms with Gasteiger partial charge in [0.2, 0.25) is 10.0 Å². The zero-order valence-electron chi connectivity index (χ0n) is 10.8. The van der Waals surface area contributed by atoms with E-state index in [0.29, 0.717) is 4.47 Å². The third-order valence-electron chi connectivity index (χ3n) is 3.06. The van der Waals surface area contributed by atoms with E-state index < -0.39 is 39.2 Å². The Kier molecular flexibility index (Phi) is 4.97. The summed E-state index contributed by atoms with van der Waals surface area (Å²) in [6.07, 6.45) is -0.391. The number of nitrogens with zero attached hydrogens (tertiary/aromatic N) is 1. The first-order valence-electron chi connectivity index (χ1n) is 6.09. The van der Waals surface area contributed by atoms with E-state index in [0.717, 1.165) is 16.4 Å². The number of carbonyl (C=O) groups is 1. The van der Waals surface area contributed by atoms with E-state index in [4.69, 9.17) is 9.84 Å². The molecule has 1 aromatic rings. The third kappa shape index (κ3) is 3.60. The lowest BCUT2D eigenvalue weighted by atomic mass is 10.2. The molecule has 1 fully saturated rings. The average Bonchev–Trinajstić information content (AvgIpc) is 2.37. The summed E-state index contributed by atoms with van der Waals surface area (Å²) < 4.78 is 45.5. The van der Waals surface area contributed by atoms with Gasteiger partial charge in [0.25, 0.3) is 0 Å². The summed E-state index contributed by atoms with van der Waals surface area (Å²) in [4.78, 5) is 10.4. The third-order valence-corrected chi connectivity index (χ3v) is 5.54. The van der Waals surface area contributed by atoms with Crippen molar-refractivity contribution in [3.05, 3.63) is 28.5 Å². The second kappa shape index (κ2) is 6.39. The fraction of sp³-hybridized carbons (Fsp3) is 0.417. The van der Waals surface area contributed by atoms with Gasteiger partial charge in [0.1, 0.15) is 10.7 Å². The van der Waals surface area contributed by atoms with E-state index in [2.05, 4.69) is 15.9 Å². The zero-order valence-corrected chi connectivity index (χ0v) is 13.2. The molecule has 0 spiro atoms. The zero-order chi connectivity index (χ0) is 15.6. The molecule has 116 valence electrons. The van der Waals surface area contributed by atoms with Crippen LogP contribution in [0.25, 0.3) is 0 Å². The van der Waals surface area contributed by atoms with Crippen LogP contribution in [0.2, 0.25) is 0 Å². The van der Waals surface area contributed by atoms with E-state index in [9.17, 15) is 17.6 Å². The number of morpholine rings is 1. The molecule has 1 N–H and O–H groups in total. The molecule has 1 aromatic carbocycles. The van der Waals surface area contributed by atoms with Crippen molar-refractivity contribution in [3.8, 4) is 0 Å². The van der Waals surface area contributed by atoms with E-state index in [1.54, 1.807) is 0 Å². The van der Waals surface area contributed by atoms with Crippen LogP contribution >= 0.6 is 15.9 Å². The Bertz CT molecular complexity index is 651. The second-order valence-corrected chi connectivity index (χ2v) is 7.29. The predicted octanol–water partition coefficient (Wildman–Crippen LogP) is 1.45. The Hall–Kier alpha value is -1.03. The summed E-state index contributed by atoms with van der Waals surface area (Å²) in [7, 11) is -4.11. The van der Waals surface area contributed by atoms with Gasteiger partial charge in [0.05, 0.1) is 25.7 Å². The number of carboxylic acids is 1. The molecule has 0 saturated carbocycles. The highest BCUT2D eigenvalue weighted by Gasteiger charge is 2.36. The second-order valence-electron chi connectivity index (χ2n) is 4.52. The lowest BCUT2D eigenvalue weighted by Crippen LogP contribution is -2.49. The van der Waals surface area contributed by atoms with Crippen LogP contribution < -0.4 is 0 Å². The van der Waals surface area contributed by atoms with E-state index in [1.807, 2.05) is 0 Å². The number of aliphatic carboxylic acids is 1. The molecule has 9 heteroatoms. The van der Waals surface area contributed by atoms with Gasteiger partial charge in [-0.05, 0) is 18.2 Å². The summed E-state index contributed by atoms with van der Waals surface area (Å²) in [5.41, 5.74) is 0. The molecule has 0 aromatic heterocycles. The van der Waals surface area contributed by atoms with Crippen LogP contribution in [-0.4, -0.2) is 49.6 Å². The number of sulfonamides is 1. The van der Waals surface area contributed by atoms with Crippen molar-refractivity contribution in [1.82, 2.24) is 4.31 Å². The molecule has 1 saturated heterocycles. The maximum Gasteiger partial charge on any atom is 0.305 e. The van der Waals surface area contributed by atoms with Gasteiger partial charge < -0.3 is 9.84 Å². The first-order chi connectivity index (χ1) is 9.82. The molecule has 1 aliphatic rings. The minimum atomic E-state index is -4.11. The molecule has 0 radical (unpaired) electrons. The molecule has 1 unspecified atom stereocenters. The Morgan fingerprint density at radius 3 is 2.86 bits per heavy atom. The summed E-state index contributed by atoms with van der Waals surface area (Å²) >= 11 is 3.06. The highest BCUT2D eigenvalue weighted by Crippen LogP contribution is 2.26. The lowest BCUT2D eigenvalue weighted by molar-refractivity contribution is -0.139. The lowest BCUT2D eigenvalue weighted by Gasteiger charge is -2.33. The number of rotatable bonds is 4. The summed E-state index contributed by atoms with van der Waals surface area (Å²) in [6, 6.07) is 2.79. The van der Waals surface area contributed by atoms with Crippen LogP contribution in [-0.2, 0) is 19.6 Å². The number of hydrogen-bond acceptors (Lipinski definition) is 4. The normalized spacial score (nSPS) is 20.4. The minimum absolute atomic E-state index is 0.00418. The summed E-state index contributed by atoms with van der Waals surface area (Å²) in [6.45, 7) is 0.118. The van der Waals surface area contributed by atoms with Crippen LogP contribution in [0.3, 0.4) is 0 Å². The number of benzene rings is 1. The maximum absolute atomic E-state index is 13.9. The predicted molar refractivity (Wildman–Crippen MR) is 74.9 cm³/mol. The van der Waals surface area contributed by atoms with Gasteiger partial charge in [-0.15, -0.1) is 0 Å². The molecular formula is C12H13BrFNO5S. The van der Waals surface area contributed by atoms with E-state index in [-0.39, 0.29) is 19.8 Å². The quantitative estimate of drug-likeness (QED) is 0.853. The van der Waals surface area contributed by atoms with Gasteiger partial charge in [0.15, 0.2) is 0 Å². The van der Waals surface area contributed by atoms with Gasteiger partial charge in [-0.2, -0.15) is 4.31 Å². The molecule has 2 rings (SSSR count). The standard InChI is InChI=1S/C12H13BrFNO5S/c13-8-1-2-11(10(14)5-8)21(18,19)15-3-4-20-7-9(15)6-12(16)17/h1-2,5,9H,3-4,6-7H2,(H,16,17). The maximum atomic E-state index is 13.9. The smallest absolute Gasteiger partial charge is 0.305 e. The van der Waals surface area contributed by atoms with Gasteiger partial charge in [-0.25, -0.2) is 12.8 Å². The average molecular weight is 382 g/mol. The van der Waals surface area contributed by atoms with Crippen LogP contribution in [0.5, 0.6) is 0 Å². The van der Waals surface area contributed by atoms with Gasteiger partial charge in [0, 0.05) is 11.0 Å². The largest absolute Gasteiger partial charge is 0.481 e. The number of hydrogen-bond donors (Lipinski definition) is 1. The highest BCUT2D eigenvalue weighted by atomic mass is 79.9. The van der Waals surface area contributed by atoms with Crippen LogP contribution in [0.4, 0.5) is 4.39 Å². The van der Waals surface area contributed by atoms with E-state index in [1.165, 1.54) is 6.07 Å². The molecule has 21 heavy (non-hydrogen) atoms. The van der Waals surface area contributed by atoms with E-state index >= 15 is 0 Å². The fourth-order valence-electron chi connectivity index (χ4n) is 2.13. The molecular weight excluding hydrogens is 369 g/mol. The molecule has 0 amide bonds. The van der Waals surface area contributed by atoms with Crippen molar-refractivity contribution < 1.29 is 27.4 Å². The summed E-state index contributed by atoms with van der Waals surface area (Å²) in [5, 5.41) is 8.85. The molecule has 1 heterocycles. The van der Waals surface area contributed by atoms with Crippen molar-refractivity contribution in [1.29, 1.82) is 0 Å². The first-order valence-corrected chi connectivity index (χ1v) is 8.32. The Morgan fingerprint density at radius 1 is 1.52 bits per heavy atom. The van der Waals surface area contributed by atoms with Crippen molar-refractivity contribution in [3.63, 3.8) is 0 Å². The molecule has 6 nitrogen and oxygen atoms in total. The Morgan fingerprint density at radius 2 is 2.24 bits per heavy atom. The van der Waals surface area contributed by atoms with Gasteiger partial charge in [-0.1, -0.05) is 15.9 Å². The van der Waals surface area contributed by atoms with Gasteiger partial charge in [-0.3, -0.25) is 4.79 Å². The number of carboxylic acid groups (broad SMARTS) is 1. The first kappa shape index (κ1) is 16.3. The monoisotopic (exact) mass is 381 g/mol. The molecule has 0 aliphatic carbocycles. The molecule has 0 bridgehead atoms.